The molecule has 0 saturated carbocycles. The van der Waals surface area contributed by atoms with Crippen LogP contribution in [0.5, 0.6) is 5.75 Å². The van der Waals surface area contributed by atoms with E-state index in [1.165, 1.54) is 5.56 Å². The third kappa shape index (κ3) is 2.53. The molecule has 0 fully saturated rings. The molecule has 0 saturated heterocycles. The van der Waals surface area contributed by atoms with E-state index >= 15 is 0 Å². The molecule has 4 N–H and O–H groups in total. The first kappa shape index (κ1) is 9.03. The van der Waals surface area contributed by atoms with Crippen LogP contribution >= 0.6 is 0 Å². The second-order valence-electron chi connectivity index (χ2n) is 2.94. The Kier molecular flexibility index (Phi) is 3.08. The van der Waals surface area contributed by atoms with Crippen molar-refractivity contribution in [3.05, 3.63) is 29.8 Å². The van der Waals surface area contributed by atoms with Gasteiger partial charge in [-0.15, -0.1) is 0 Å². The Morgan fingerprint density at radius 2 is 2.00 bits per heavy atom. The van der Waals surface area contributed by atoms with Gasteiger partial charge in [-0.3, -0.25) is 11.3 Å². The molecule has 3 heteroatoms. The number of benzene rings is 1. The second kappa shape index (κ2) is 4.09. The van der Waals surface area contributed by atoms with E-state index in [2.05, 4.69) is 5.43 Å². The molecule has 0 aliphatic heterocycles. The zero-order chi connectivity index (χ0) is 8.97. The maximum atomic E-state index is 9.01. The molecule has 12 heavy (non-hydrogen) atoms. The topological polar surface area (TPSA) is 58.3 Å². The van der Waals surface area contributed by atoms with Gasteiger partial charge in [-0.05, 0) is 31.0 Å². The highest BCUT2D eigenvalue weighted by Crippen LogP contribution is 2.10. The van der Waals surface area contributed by atoms with Crippen molar-refractivity contribution in [2.75, 3.05) is 0 Å². The van der Waals surface area contributed by atoms with E-state index in [-0.39, 0.29) is 6.04 Å². The lowest BCUT2D eigenvalue weighted by Gasteiger charge is -2.08. The van der Waals surface area contributed by atoms with Gasteiger partial charge in [0.15, 0.2) is 0 Å². The molecule has 66 valence electrons. The van der Waals surface area contributed by atoms with Crippen molar-refractivity contribution in [2.24, 2.45) is 5.84 Å². The smallest absolute Gasteiger partial charge is 0.115 e. The van der Waals surface area contributed by atoms with Gasteiger partial charge in [-0.25, -0.2) is 0 Å². The lowest BCUT2D eigenvalue weighted by atomic mass is 10.1. The van der Waals surface area contributed by atoms with Crippen LogP contribution in [-0.2, 0) is 6.42 Å². The van der Waals surface area contributed by atoms with Gasteiger partial charge in [0.05, 0.1) is 0 Å². The van der Waals surface area contributed by atoms with Crippen LogP contribution in [0.3, 0.4) is 0 Å². The number of hydrogen-bond acceptors (Lipinski definition) is 3. The molecule has 0 spiro atoms. The quantitative estimate of drug-likeness (QED) is 0.459. The predicted octanol–water partition coefficient (Wildman–Crippen LogP) is 0.786. The van der Waals surface area contributed by atoms with Crippen LogP contribution in [0.4, 0.5) is 0 Å². The van der Waals surface area contributed by atoms with Gasteiger partial charge in [0, 0.05) is 6.04 Å². The largest absolute Gasteiger partial charge is 0.508 e. The highest BCUT2D eigenvalue weighted by Gasteiger charge is 1.99. The summed E-state index contributed by atoms with van der Waals surface area (Å²) in [5.41, 5.74) is 3.83. The Balaban J connectivity index is 2.58. The number of nitrogens with one attached hydrogen (secondary N) is 1. The maximum Gasteiger partial charge on any atom is 0.115 e. The normalized spacial score (nSPS) is 12.8. The maximum absolute atomic E-state index is 9.01. The molecule has 1 aromatic rings. The molecule has 0 aliphatic carbocycles. The summed E-state index contributed by atoms with van der Waals surface area (Å²) in [6.07, 6.45) is 0.872. The van der Waals surface area contributed by atoms with Gasteiger partial charge >= 0.3 is 0 Å². The molecule has 1 atom stereocenters. The van der Waals surface area contributed by atoms with Crippen molar-refractivity contribution in [2.45, 2.75) is 19.4 Å². The monoisotopic (exact) mass is 166 g/mol. The molecular weight excluding hydrogens is 152 g/mol. The summed E-state index contributed by atoms with van der Waals surface area (Å²) in [4.78, 5) is 0. The molecule has 1 aromatic carbocycles. The number of hydrogen-bond donors (Lipinski definition) is 3. The van der Waals surface area contributed by atoms with Gasteiger partial charge in [0.2, 0.25) is 0 Å². The van der Waals surface area contributed by atoms with Gasteiger partial charge in [0.1, 0.15) is 5.75 Å². The van der Waals surface area contributed by atoms with Crippen LogP contribution in [0, 0.1) is 0 Å². The first-order valence-corrected chi connectivity index (χ1v) is 3.96. The van der Waals surface area contributed by atoms with E-state index in [0.717, 1.165) is 6.42 Å². The van der Waals surface area contributed by atoms with E-state index in [9.17, 15) is 0 Å². The molecule has 0 bridgehead atoms. The zero-order valence-electron chi connectivity index (χ0n) is 7.12. The number of aromatic hydroxyl groups is 1. The molecule has 0 amide bonds. The Morgan fingerprint density at radius 1 is 1.42 bits per heavy atom. The Morgan fingerprint density at radius 3 is 2.50 bits per heavy atom. The molecule has 0 unspecified atom stereocenters. The molecule has 0 aromatic heterocycles. The molecule has 3 nitrogen and oxygen atoms in total. The third-order valence-corrected chi connectivity index (χ3v) is 1.76. The lowest BCUT2D eigenvalue weighted by molar-refractivity contribution is 0.474. The summed E-state index contributed by atoms with van der Waals surface area (Å²) < 4.78 is 0. The van der Waals surface area contributed by atoms with Crippen LogP contribution in [0.25, 0.3) is 0 Å². The van der Waals surface area contributed by atoms with E-state index in [1.807, 2.05) is 19.1 Å². The SMILES string of the molecule is C[C@@H](Cc1ccc(O)cc1)NN. The number of hydrazine groups is 1. The molecule has 0 heterocycles. The van der Waals surface area contributed by atoms with Gasteiger partial charge in [-0.1, -0.05) is 12.1 Å². The van der Waals surface area contributed by atoms with Crippen LogP contribution in [-0.4, -0.2) is 11.1 Å². The average Bonchev–Trinajstić information content (AvgIpc) is 2.09. The van der Waals surface area contributed by atoms with Crippen molar-refractivity contribution < 1.29 is 5.11 Å². The van der Waals surface area contributed by atoms with Crippen LogP contribution in [0.15, 0.2) is 24.3 Å². The van der Waals surface area contributed by atoms with Crippen molar-refractivity contribution in [3.8, 4) is 5.75 Å². The molecule has 0 aliphatic rings. The summed E-state index contributed by atoms with van der Waals surface area (Å²) in [6.45, 7) is 2.01. The van der Waals surface area contributed by atoms with Crippen molar-refractivity contribution >= 4 is 0 Å². The second-order valence-corrected chi connectivity index (χ2v) is 2.94. The standard InChI is InChI=1S/C9H14N2O/c1-7(11-10)6-8-2-4-9(12)5-3-8/h2-5,7,11-12H,6,10H2,1H3/t7-/m0/s1. The Hall–Kier alpha value is -1.06. The summed E-state index contributed by atoms with van der Waals surface area (Å²) in [5.74, 6) is 5.55. The van der Waals surface area contributed by atoms with Crippen molar-refractivity contribution in [1.29, 1.82) is 0 Å². The first-order valence-electron chi connectivity index (χ1n) is 3.96. The zero-order valence-corrected chi connectivity index (χ0v) is 7.12. The fourth-order valence-corrected chi connectivity index (χ4v) is 1.04. The summed E-state index contributed by atoms with van der Waals surface area (Å²) in [7, 11) is 0. The highest BCUT2D eigenvalue weighted by molar-refractivity contribution is 5.26. The van der Waals surface area contributed by atoms with Crippen LogP contribution < -0.4 is 11.3 Å². The predicted molar refractivity (Wildman–Crippen MR) is 48.6 cm³/mol. The fraction of sp³-hybridized carbons (Fsp3) is 0.333. The highest BCUT2D eigenvalue weighted by atomic mass is 16.3. The average molecular weight is 166 g/mol. The summed E-state index contributed by atoms with van der Waals surface area (Å²) in [5, 5.41) is 9.01. The van der Waals surface area contributed by atoms with Crippen molar-refractivity contribution in [1.82, 2.24) is 5.43 Å². The Labute approximate surface area is 72.2 Å². The van der Waals surface area contributed by atoms with Gasteiger partial charge in [0.25, 0.3) is 0 Å². The minimum absolute atomic E-state index is 0.259. The van der Waals surface area contributed by atoms with Crippen molar-refractivity contribution in [3.63, 3.8) is 0 Å². The lowest BCUT2D eigenvalue weighted by Crippen LogP contribution is -2.33. The molecule has 1 rings (SSSR count). The van der Waals surface area contributed by atoms with Gasteiger partial charge in [-0.2, -0.15) is 0 Å². The minimum atomic E-state index is 0.259. The summed E-state index contributed by atoms with van der Waals surface area (Å²) in [6, 6.07) is 7.40. The van der Waals surface area contributed by atoms with Crippen LogP contribution in [0.1, 0.15) is 12.5 Å². The molecular formula is C9H14N2O. The molecule has 0 radical (unpaired) electrons. The first-order chi connectivity index (χ1) is 5.72. The number of nitrogens with two attached hydrogens (primary N) is 1. The van der Waals surface area contributed by atoms with E-state index < -0.39 is 0 Å². The minimum Gasteiger partial charge on any atom is -0.508 e. The number of phenols is 1. The van der Waals surface area contributed by atoms with E-state index in [4.69, 9.17) is 10.9 Å². The van der Waals surface area contributed by atoms with Crippen LogP contribution in [0.2, 0.25) is 0 Å². The summed E-state index contributed by atoms with van der Waals surface area (Å²) >= 11 is 0. The van der Waals surface area contributed by atoms with E-state index in [0.29, 0.717) is 5.75 Å². The third-order valence-electron chi connectivity index (χ3n) is 1.76. The fourth-order valence-electron chi connectivity index (χ4n) is 1.04. The van der Waals surface area contributed by atoms with E-state index in [1.54, 1.807) is 12.1 Å². The number of phenolic OH excluding ortho intramolecular Hbond substituents is 1. The number of rotatable bonds is 3. The Bertz CT molecular complexity index is 233. The van der Waals surface area contributed by atoms with Gasteiger partial charge < -0.3 is 5.11 Å².